The molecule has 0 saturated heterocycles. The summed E-state index contributed by atoms with van der Waals surface area (Å²) in [5.74, 6) is 0. The van der Waals surface area contributed by atoms with Crippen LogP contribution in [0.4, 0.5) is 5.69 Å². The van der Waals surface area contributed by atoms with Crippen molar-refractivity contribution in [1.29, 1.82) is 0 Å². The lowest BCUT2D eigenvalue weighted by atomic mass is 9.94. The average molecular weight is 255 g/mol. The van der Waals surface area contributed by atoms with Gasteiger partial charge in [-0.15, -0.1) is 0 Å². The van der Waals surface area contributed by atoms with Crippen molar-refractivity contribution in [3.63, 3.8) is 0 Å². The van der Waals surface area contributed by atoms with Gasteiger partial charge in [0.2, 0.25) is 0 Å². The molecule has 0 saturated carbocycles. The number of anilines is 1. The van der Waals surface area contributed by atoms with Crippen LogP contribution in [0, 0.1) is 0 Å². The summed E-state index contributed by atoms with van der Waals surface area (Å²) in [6.45, 7) is 6.81. The fourth-order valence-corrected chi connectivity index (χ4v) is 2.75. The lowest BCUT2D eigenvalue weighted by Crippen LogP contribution is -2.22. The van der Waals surface area contributed by atoms with E-state index < -0.39 is 0 Å². The zero-order valence-electron chi connectivity index (χ0n) is 12.4. The van der Waals surface area contributed by atoms with Crippen molar-refractivity contribution < 1.29 is 0 Å². The predicted octanol–water partition coefficient (Wildman–Crippen LogP) is 5.65. The van der Waals surface area contributed by atoms with Gasteiger partial charge in [-0.3, -0.25) is 0 Å². The van der Waals surface area contributed by atoms with Crippen LogP contribution in [0.2, 0.25) is 0 Å². The third-order valence-corrected chi connectivity index (χ3v) is 3.85. The molecule has 0 amide bonds. The van der Waals surface area contributed by atoms with Gasteiger partial charge in [-0.1, -0.05) is 45.4 Å². The van der Waals surface area contributed by atoms with Crippen LogP contribution in [0.1, 0.15) is 52.9 Å². The van der Waals surface area contributed by atoms with Gasteiger partial charge >= 0.3 is 0 Å². The van der Waals surface area contributed by atoms with Crippen LogP contribution < -0.4 is 4.90 Å². The van der Waals surface area contributed by atoms with Crippen molar-refractivity contribution in [2.75, 3.05) is 4.90 Å². The molecule has 1 aromatic rings. The van der Waals surface area contributed by atoms with Crippen LogP contribution in [0.15, 0.2) is 53.4 Å². The third-order valence-electron chi connectivity index (χ3n) is 3.85. The van der Waals surface area contributed by atoms with Crippen molar-refractivity contribution in [2.24, 2.45) is 0 Å². The van der Waals surface area contributed by atoms with Gasteiger partial charge in [0, 0.05) is 17.6 Å². The Morgan fingerprint density at radius 3 is 2.32 bits per heavy atom. The summed E-state index contributed by atoms with van der Waals surface area (Å²) in [4.78, 5) is 2.42. The summed E-state index contributed by atoms with van der Waals surface area (Å²) in [6, 6.07) is 10.7. The molecule has 0 unspecified atom stereocenters. The van der Waals surface area contributed by atoms with E-state index in [1.807, 2.05) is 0 Å². The van der Waals surface area contributed by atoms with Crippen LogP contribution in [0.5, 0.6) is 0 Å². The lowest BCUT2D eigenvalue weighted by molar-refractivity contribution is 0.787. The van der Waals surface area contributed by atoms with E-state index in [9.17, 15) is 0 Å². The standard InChI is InChI=1S/C18H25N/c1-4-10-18-16(6-3)13-15(5-2)14-19(18)17-11-8-7-9-12-17/h7-9,11-12,14H,4-6,10,13H2,1-3H3. The van der Waals surface area contributed by atoms with Crippen molar-refractivity contribution in [3.8, 4) is 0 Å². The number of para-hydroxylation sites is 1. The van der Waals surface area contributed by atoms with Crippen LogP contribution in [0.3, 0.4) is 0 Å². The number of nitrogens with zero attached hydrogens (tertiary/aromatic N) is 1. The Balaban J connectivity index is 2.42. The maximum absolute atomic E-state index is 2.42. The molecule has 1 aliphatic heterocycles. The number of hydrogen-bond acceptors (Lipinski definition) is 1. The maximum atomic E-state index is 2.42. The molecule has 0 fully saturated rings. The summed E-state index contributed by atoms with van der Waals surface area (Å²) >= 11 is 0. The number of allylic oxidation sites excluding steroid dienone is 3. The average Bonchev–Trinajstić information content (AvgIpc) is 2.48. The van der Waals surface area contributed by atoms with E-state index in [2.05, 4.69) is 62.2 Å². The van der Waals surface area contributed by atoms with Crippen LogP contribution in [-0.4, -0.2) is 0 Å². The SMILES string of the molecule is CCCC1=C(CC)CC(CC)=CN1c1ccccc1. The van der Waals surface area contributed by atoms with Gasteiger partial charge in [-0.25, -0.2) is 0 Å². The molecular weight excluding hydrogens is 230 g/mol. The third kappa shape index (κ3) is 3.09. The van der Waals surface area contributed by atoms with Gasteiger partial charge in [0.15, 0.2) is 0 Å². The minimum atomic E-state index is 1.15. The first-order valence-electron chi connectivity index (χ1n) is 7.54. The van der Waals surface area contributed by atoms with E-state index in [1.54, 1.807) is 11.1 Å². The van der Waals surface area contributed by atoms with Crippen LogP contribution >= 0.6 is 0 Å². The fraction of sp³-hybridized carbons (Fsp3) is 0.444. The number of hydrogen-bond donors (Lipinski definition) is 0. The van der Waals surface area contributed by atoms with Crippen LogP contribution in [0.25, 0.3) is 0 Å². The Morgan fingerprint density at radius 1 is 1.00 bits per heavy atom. The Labute approximate surface area is 117 Å². The Kier molecular flexibility index (Phi) is 4.84. The molecule has 0 spiro atoms. The molecular formula is C18H25N. The molecule has 0 bridgehead atoms. The van der Waals surface area contributed by atoms with Crippen LogP contribution in [-0.2, 0) is 0 Å². The van der Waals surface area contributed by atoms with Crippen molar-refractivity contribution in [2.45, 2.75) is 52.9 Å². The topological polar surface area (TPSA) is 3.24 Å². The molecule has 2 rings (SSSR count). The van der Waals surface area contributed by atoms with E-state index >= 15 is 0 Å². The van der Waals surface area contributed by atoms with Gasteiger partial charge in [0.05, 0.1) is 0 Å². The second-order valence-corrected chi connectivity index (χ2v) is 5.18. The monoisotopic (exact) mass is 255 g/mol. The van der Waals surface area contributed by atoms with Gasteiger partial charge in [0.1, 0.15) is 0 Å². The van der Waals surface area contributed by atoms with Gasteiger partial charge < -0.3 is 4.90 Å². The zero-order chi connectivity index (χ0) is 13.7. The highest BCUT2D eigenvalue weighted by Crippen LogP contribution is 2.34. The van der Waals surface area contributed by atoms with Crippen molar-refractivity contribution >= 4 is 5.69 Å². The first-order valence-corrected chi connectivity index (χ1v) is 7.54. The lowest BCUT2D eigenvalue weighted by Gasteiger charge is -2.32. The van der Waals surface area contributed by atoms with Gasteiger partial charge in [0.25, 0.3) is 0 Å². The zero-order valence-corrected chi connectivity index (χ0v) is 12.4. The summed E-state index contributed by atoms with van der Waals surface area (Å²) in [5.41, 5.74) is 5.97. The summed E-state index contributed by atoms with van der Waals surface area (Å²) < 4.78 is 0. The quantitative estimate of drug-likeness (QED) is 0.656. The first-order chi connectivity index (χ1) is 9.30. The smallest absolute Gasteiger partial charge is 0.0452 e. The van der Waals surface area contributed by atoms with Crippen molar-refractivity contribution in [3.05, 3.63) is 53.4 Å². The Bertz CT molecular complexity index is 468. The molecule has 102 valence electrons. The minimum Gasteiger partial charge on any atom is -0.321 e. The molecule has 0 N–H and O–H groups in total. The van der Waals surface area contributed by atoms with Gasteiger partial charge in [-0.2, -0.15) is 0 Å². The van der Waals surface area contributed by atoms with Gasteiger partial charge in [-0.05, 0) is 49.0 Å². The van der Waals surface area contributed by atoms with E-state index in [0.717, 1.165) is 12.8 Å². The normalized spacial score (nSPS) is 15.7. The Morgan fingerprint density at radius 2 is 1.74 bits per heavy atom. The molecule has 0 atom stereocenters. The molecule has 1 heterocycles. The largest absolute Gasteiger partial charge is 0.321 e. The molecule has 0 aromatic heterocycles. The predicted molar refractivity (Wildman–Crippen MR) is 84.1 cm³/mol. The fourth-order valence-electron chi connectivity index (χ4n) is 2.75. The molecule has 0 radical (unpaired) electrons. The summed E-state index contributed by atoms with van der Waals surface area (Å²) in [5, 5.41) is 0. The minimum absolute atomic E-state index is 1.15. The number of benzene rings is 1. The highest BCUT2D eigenvalue weighted by molar-refractivity contribution is 5.58. The molecule has 1 aromatic carbocycles. The van der Waals surface area contributed by atoms with E-state index in [1.165, 1.54) is 30.6 Å². The number of rotatable bonds is 5. The second-order valence-electron chi connectivity index (χ2n) is 5.18. The molecule has 19 heavy (non-hydrogen) atoms. The van der Waals surface area contributed by atoms with E-state index in [-0.39, 0.29) is 0 Å². The first kappa shape index (κ1) is 13.9. The highest BCUT2D eigenvalue weighted by atomic mass is 15.1. The second kappa shape index (κ2) is 6.60. The molecule has 0 aliphatic carbocycles. The maximum Gasteiger partial charge on any atom is 0.0452 e. The summed E-state index contributed by atoms with van der Waals surface area (Å²) in [7, 11) is 0. The Hall–Kier alpha value is -1.50. The molecule has 1 nitrogen and oxygen atoms in total. The molecule has 1 aliphatic rings. The van der Waals surface area contributed by atoms with E-state index in [4.69, 9.17) is 0 Å². The highest BCUT2D eigenvalue weighted by Gasteiger charge is 2.19. The summed E-state index contributed by atoms with van der Waals surface area (Å²) in [6.07, 6.45) is 8.22. The van der Waals surface area contributed by atoms with E-state index in [0.29, 0.717) is 0 Å². The van der Waals surface area contributed by atoms with Crippen molar-refractivity contribution in [1.82, 2.24) is 0 Å². The molecule has 1 heteroatoms.